The van der Waals surface area contributed by atoms with E-state index in [1.54, 1.807) is 40.6 Å². The summed E-state index contributed by atoms with van der Waals surface area (Å²) in [7, 11) is 6.20. The van der Waals surface area contributed by atoms with E-state index in [2.05, 4.69) is 0 Å². The van der Waals surface area contributed by atoms with Crippen molar-refractivity contribution in [2.45, 2.75) is 24.7 Å². The Kier molecular flexibility index (Phi) is 4.57. The quantitative estimate of drug-likeness (QED) is 0.848. The van der Waals surface area contributed by atoms with Crippen LogP contribution in [0.25, 0.3) is 0 Å². The van der Waals surface area contributed by atoms with Crippen LogP contribution in [-0.2, 0) is 4.74 Å². The number of aliphatic hydroxyl groups excluding tert-OH is 1. The van der Waals surface area contributed by atoms with Crippen molar-refractivity contribution in [3.63, 3.8) is 0 Å². The van der Waals surface area contributed by atoms with Gasteiger partial charge in [-0.2, -0.15) is 0 Å². The molecular weight excluding hydrogens is 264 g/mol. The Labute approximate surface area is 118 Å². The lowest BCUT2D eigenvalue weighted by atomic mass is 9.88. The van der Waals surface area contributed by atoms with Gasteiger partial charge in [-0.3, -0.25) is 0 Å². The molecule has 0 saturated heterocycles. The molecule has 0 heterocycles. The van der Waals surface area contributed by atoms with Crippen LogP contribution >= 0.6 is 0 Å². The fourth-order valence-corrected chi connectivity index (χ4v) is 2.28. The second-order valence-corrected chi connectivity index (χ2v) is 4.52. The van der Waals surface area contributed by atoms with Gasteiger partial charge in [0.05, 0.1) is 27.4 Å². The van der Waals surface area contributed by atoms with Crippen LogP contribution in [0.1, 0.15) is 6.42 Å². The summed E-state index contributed by atoms with van der Waals surface area (Å²) in [4.78, 5) is 0. The molecule has 20 heavy (non-hydrogen) atoms. The molecule has 1 saturated carbocycles. The predicted molar refractivity (Wildman–Crippen MR) is 71.9 cm³/mol. The number of methoxy groups -OCH3 is 4. The highest BCUT2D eigenvalue weighted by Gasteiger charge is 2.42. The molecule has 0 radical (unpaired) electrons. The van der Waals surface area contributed by atoms with E-state index in [4.69, 9.17) is 23.7 Å². The largest absolute Gasteiger partial charge is 0.493 e. The summed E-state index contributed by atoms with van der Waals surface area (Å²) in [6.45, 7) is 0. The van der Waals surface area contributed by atoms with Gasteiger partial charge in [-0.15, -0.1) is 0 Å². The first-order chi connectivity index (χ1) is 9.64. The van der Waals surface area contributed by atoms with Gasteiger partial charge in [0, 0.05) is 25.7 Å². The molecule has 1 aromatic carbocycles. The summed E-state index contributed by atoms with van der Waals surface area (Å²) < 4.78 is 26.8. The van der Waals surface area contributed by atoms with E-state index in [0.29, 0.717) is 29.4 Å². The van der Waals surface area contributed by atoms with Crippen molar-refractivity contribution in [2.24, 2.45) is 0 Å². The SMILES string of the molecule is COc1cc(OC2CC(O)C2OC)cc(OC)c1OC. The molecular formula is C14H20O6. The van der Waals surface area contributed by atoms with E-state index in [-0.39, 0.29) is 12.2 Å². The minimum Gasteiger partial charge on any atom is -0.493 e. The maximum atomic E-state index is 9.57. The van der Waals surface area contributed by atoms with E-state index < -0.39 is 6.10 Å². The van der Waals surface area contributed by atoms with Crippen LogP contribution in [0.15, 0.2) is 12.1 Å². The van der Waals surface area contributed by atoms with Gasteiger partial charge in [0.15, 0.2) is 11.5 Å². The third-order valence-electron chi connectivity index (χ3n) is 3.42. The topological polar surface area (TPSA) is 66.4 Å². The smallest absolute Gasteiger partial charge is 0.203 e. The predicted octanol–water partition coefficient (Wildman–Crippen LogP) is 1.24. The molecule has 1 aliphatic rings. The lowest BCUT2D eigenvalue weighted by molar-refractivity contribution is -0.149. The van der Waals surface area contributed by atoms with Gasteiger partial charge in [-0.05, 0) is 0 Å². The highest BCUT2D eigenvalue weighted by Crippen LogP contribution is 2.42. The van der Waals surface area contributed by atoms with E-state index in [1.165, 1.54) is 0 Å². The molecule has 0 amide bonds. The molecule has 1 aromatic rings. The van der Waals surface area contributed by atoms with Gasteiger partial charge >= 0.3 is 0 Å². The number of hydrogen-bond acceptors (Lipinski definition) is 6. The summed E-state index contributed by atoms with van der Waals surface area (Å²) in [5, 5.41) is 9.57. The van der Waals surface area contributed by atoms with Crippen molar-refractivity contribution in [2.75, 3.05) is 28.4 Å². The van der Waals surface area contributed by atoms with Gasteiger partial charge in [-0.25, -0.2) is 0 Å². The van der Waals surface area contributed by atoms with E-state index in [1.807, 2.05) is 0 Å². The lowest BCUT2D eigenvalue weighted by Gasteiger charge is -2.40. The number of rotatable bonds is 6. The van der Waals surface area contributed by atoms with E-state index >= 15 is 0 Å². The third kappa shape index (κ3) is 2.62. The Bertz CT molecular complexity index is 436. The van der Waals surface area contributed by atoms with Crippen molar-refractivity contribution in [3.05, 3.63) is 12.1 Å². The van der Waals surface area contributed by atoms with Crippen LogP contribution in [0.5, 0.6) is 23.0 Å². The Hall–Kier alpha value is -1.66. The molecule has 6 heteroatoms. The second-order valence-electron chi connectivity index (χ2n) is 4.52. The zero-order chi connectivity index (χ0) is 14.7. The van der Waals surface area contributed by atoms with Crippen LogP contribution in [-0.4, -0.2) is 51.9 Å². The van der Waals surface area contributed by atoms with Gasteiger partial charge in [0.25, 0.3) is 0 Å². The second kappa shape index (κ2) is 6.19. The first kappa shape index (κ1) is 14.7. The number of hydrogen-bond donors (Lipinski definition) is 1. The van der Waals surface area contributed by atoms with Crippen molar-refractivity contribution in [1.29, 1.82) is 0 Å². The fourth-order valence-electron chi connectivity index (χ4n) is 2.28. The first-order valence-corrected chi connectivity index (χ1v) is 6.32. The van der Waals surface area contributed by atoms with Gasteiger partial charge in [0.1, 0.15) is 18.0 Å². The third-order valence-corrected chi connectivity index (χ3v) is 3.42. The Morgan fingerprint density at radius 2 is 1.60 bits per heavy atom. The molecule has 0 spiro atoms. The zero-order valence-electron chi connectivity index (χ0n) is 12.1. The first-order valence-electron chi connectivity index (χ1n) is 6.32. The summed E-state index contributed by atoms with van der Waals surface area (Å²) in [5.74, 6) is 2.14. The van der Waals surface area contributed by atoms with E-state index in [0.717, 1.165) is 0 Å². The summed E-state index contributed by atoms with van der Waals surface area (Å²) >= 11 is 0. The van der Waals surface area contributed by atoms with Crippen LogP contribution in [0.2, 0.25) is 0 Å². The molecule has 3 atom stereocenters. The van der Waals surface area contributed by atoms with Crippen LogP contribution < -0.4 is 18.9 Å². The molecule has 0 aromatic heterocycles. The minimum absolute atomic E-state index is 0.183. The average molecular weight is 284 g/mol. The van der Waals surface area contributed by atoms with Crippen LogP contribution in [0.4, 0.5) is 0 Å². The van der Waals surface area contributed by atoms with Crippen LogP contribution in [0, 0.1) is 0 Å². The summed E-state index contributed by atoms with van der Waals surface area (Å²) in [5.41, 5.74) is 0. The molecule has 3 unspecified atom stereocenters. The molecule has 0 aliphatic heterocycles. The Morgan fingerprint density at radius 1 is 1.00 bits per heavy atom. The van der Waals surface area contributed by atoms with Crippen molar-refractivity contribution >= 4 is 0 Å². The van der Waals surface area contributed by atoms with Gasteiger partial charge in [-0.1, -0.05) is 0 Å². The number of benzene rings is 1. The summed E-state index contributed by atoms with van der Waals surface area (Å²) in [6.07, 6.45) is -0.436. The molecule has 1 aliphatic carbocycles. The zero-order valence-corrected chi connectivity index (χ0v) is 12.1. The van der Waals surface area contributed by atoms with E-state index in [9.17, 15) is 5.11 Å². The summed E-state index contributed by atoms with van der Waals surface area (Å²) in [6, 6.07) is 3.44. The average Bonchev–Trinajstić information content (AvgIpc) is 2.45. The lowest BCUT2D eigenvalue weighted by Crippen LogP contribution is -2.54. The normalized spacial score (nSPS) is 24.8. The molecule has 1 fully saturated rings. The number of aliphatic hydroxyl groups is 1. The monoisotopic (exact) mass is 284 g/mol. The molecule has 1 N–H and O–H groups in total. The maximum absolute atomic E-state index is 9.57. The van der Waals surface area contributed by atoms with Crippen molar-refractivity contribution < 1.29 is 28.8 Å². The highest BCUT2D eigenvalue weighted by atomic mass is 16.6. The van der Waals surface area contributed by atoms with Gasteiger partial charge < -0.3 is 28.8 Å². The van der Waals surface area contributed by atoms with Crippen LogP contribution in [0.3, 0.4) is 0 Å². The van der Waals surface area contributed by atoms with Crippen molar-refractivity contribution in [1.82, 2.24) is 0 Å². The highest BCUT2D eigenvalue weighted by molar-refractivity contribution is 5.56. The number of ether oxygens (including phenoxy) is 5. The standard InChI is InChI=1S/C14H20O6/c1-16-10-5-8(6-11(17-2)14(10)19-4)20-12-7-9(15)13(12)18-3/h5-6,9,12-13,15H,7H2,1-4H3. The van der Waals surface area contributed by atoms with Gasteiger partial charge in [0.2, 0.25) is 5.75 Å². The fraction of sp³-hybridized carbons (Fsp3) is 0.571. The molecule has 6 nitrogen and oxygen atoms in total. The molecule has 0 bridgehead atoms. The Balaban J connectivity index is 2.20. The molecule has 2 rings (SSSR count). The Morgan fingerprint density at radius 3 is 2.00 bits per heavy atom. The maximum Gasteiger partial charge on any atom is 0.203 e. The van der Waals surface area contributed by atoms with Crippen molar-refractivity contribution in [3.8, 4) is 23.0 Å². The molecule has 112 valence electrons. The minimum atomic E-state index is -0.480.